The van der Waals surface area contributed by atoms with Crippen LogP contribution in [-0.4, -0.2) is 47.2 Å². The number of ether oxygens (including phenoxy) is 1. The summed E-state index contributed by atoms with van der Waals surface area (Å²) in [6.07, 6.45) is 1.53. The van der Waals surface area contributed by atoms with Crippen molar-refractivity contribution in [2.24, 2.45) is 0 Å². The van der Waals surface area contributed by atoms with Gasteiger partial charge in [0.25, 0.3) is 5.91 Å². The average Bonchev–Trinajstić information content (AvgIpc) is 2.41. The maximum Gasteiger partial charge on any atom is 0.266 e. The lowest BCUT2D eigenvalue weighted by molar-refractivity contribution is -0.126. The molecule has 0 radical (unpaired) electrons. The largest absolute Gasteiger partial charge is 0.480 e. The summed E-state index contributed by atoms with van der Waals surface area (Å²) in [5.41, 5.74) is -0.737. The van der Waals surface area contributed by atoms with E-state index >= 15 is 0 Å². The second kappa shape index (κ2) is 5.46. The van der Waals surface area contributed by atoms with Crippen molar-refractivity contribution in [2.75, 3.05) is 24.7 Å². The molecule has 0 saturated carbocycles. The number of carbonyl (C=O) groups excluding carboxylic acids is 2. The third-order valence-electron chi connectivity index (χ3n) is 2.83. The van der Waals surface area contributed by atoms with Gasteiger partial charge in [0.05, 0.1) is 12.1 Å². The van der Waals surface area contributed by atoms with E-state index in [0.29, 0.717) is 11.6 Å². The highest BCUT2D eigenvalue weighted by Crippen LogP contribution is 2.28. The van der Waals surface area contributed by atoms with Gasteiger partial charge in [-0.05, 0) is 26.0 Å². The van der Waals surface area contributed by atoms with E-state index in [1.807, 2.05) is 0 Å². The van der Waals surface area contributed by atoms with Crippen LogP contribution in [0.5, 0.6) is 5.75 Å². The maximum atomic E-state index is 12.0. The number of nitrogens with zero attached hydrogens (tertiary/aromatic N) is 2. The molecular weight excluding hydrogens is 262 g/mol. The minimum Gasteiger partial charge on any atom is -0.480 e. The summed E-state index contributed by atoms with van der Waals surface area (Å²) in [6, 6.07) is 3.39. The van der Waals surface area contributed by atoms with Gasteiger partial charge in [0.15, 0.2) is 18.2 Å². The van der Waals surface area contributed by atoms with Crippen LogP contribution < -0.4 is 15.0 Å². The molecule has 0 fully saturated rings. The number of aliphatic hydroxyl groups is 1. The van der Waals surface area contributed by atoms with Crippen molar-refractivity contribution in [1.82, 2.24) is 10.3 Å². The van der Waals surface area contributed by atoms with E-state index in [4.69, 9.17) is 9.84 Å². The van der Waals surface area contributed by atoms with Crippen LogP contribution in [0.1, 0.15) is 13.8 Å². The summed E-state index contributed by atoms with van der Waals surface area (Å²) in [5.74, 6) is 0.117. The Bertz CT molecular complexity index is 530. The van der Waals surface area contributed by atoms with Gasteiger partial charge < -0.3 is 15.2 Å². The fourth-order valence-electron chi connectivity index (χ4n) is 1.80. The number of amides is 2. The number of hydrogen-bond acceptors (Lipinski definition) is 5. The molecule has 1 aromatic heterocycles. The first-order valence-corrected chi connectivity index (χ1v) is 6.23. The Kier molecular flexibility index (Phi) is 3.89. The third-order valence-corrected chi connectivity index (χ3v) is 2.83. The number of hydrogen-bond donors (Lipinski definition) is 2. The third kappa shape index (κ3) is 3.05. The van der Waals surface area contributed by atoms with Crippen LogP contribution in [0.25, 0.3) is 0 Å². The Labute approximate surface area is 116 Å². The summed E-state index contributed by atoms with van der Waals surface area (Å²) >= 11 is 0. The molecule has 0 bridgehead atoms. The fraction of sp³-hybridized carbons (Fsp3) is 0.462. The highest BCUT2D eigenvalue weighted by atomic mass is 16.5. The van der Waals surface area contributed by atoms with Crippen LogP contribution in [0.15, 0.2) is 18.3 Å². The first-order valence-electron chi connectivity index (χ1n) is 6.23. The van der Waals surface area contributed by atoms with Crippen molar-refractivity contribution in [2.45, 2.75) is 19.4 Å². The van der Waals surface area contributed by atoms with Crippen LogP contribution in [0.2, 0.25) is 0 Å². The lowest BCUT2D eigenvalue weighted by Crippen LogP contribution is -2.52. The number of aromatic nitrogens is 1. The number of aliphatic hydroxyl groups excluding tert-OH is 1. The number of carbonyl (C=O) groups is 2. The monoisotopic (exact) mass is 279 g/mol. The molecule has 0 saturated heterocycles. The van der Waals surface area contributed by atoms with Crippen molar-refractivity contribution in [3.8, 4) is 5.75 Å². The van der Waals surface area contributed by atoms with Crippen molar-refractivity contribution >= 4 is 17.6 Å². The summed E-state index contributed by atoms with van der Waals surface area (Å²) in [4.78, 5) is 29.2. The summed E-state index contributed by atoms with van der Waals surface area (Å²) < 4.78 is 5.24. The Hall–Kier alpha value is -2.15. The van der Waals surface area contributed by atoms with Crippen molar-refractivity contribution < 1.29 is 19.4 Å². The zero-order valence-corrected chi connectivity index (χ0v) is 11.4. The van der Waals surface area contributed by atoms with Crippen LogP contribution in [0, 0.1) is 0 Å². The average molecular weight is 279 g/mol. The molecule has 0 aromatic carbocycles. The van der Waals surface area contributed by atoms with Gasteiger partial charge in [0.2, 0.25) is 5.91 Å². The number of anilines is 1. The van der Waals surface area contributed by atoms with Crippen molar-refractivity contribution in [1.29, 1.82) is 0 Å². The molecule has 108 valence electrons. The SMILES string of the molecule is CC(C)(CO)NC(=O)CN1C(=O)COc2cccnc21. The summed E-state index contributed by atoms with van der Waals surface area (Å²) in [5, 5.41) is 11.8. The van der Waals surface area contributed by atoms with E-state index in [9.17, 15) is 9.59 Å². The van der Waals surface area contributed by atoms with Crippen molar-refractivity contribution in [3.05, 3.63) is 18.3 Å². The van der Waals surface area contributed by atoms with Gasteiger partial charge in [-0.2, -0.15) is 0 Å². The van der Waals surface area contributed by atoms with E-state index in [1.165, 1.54) is 11.1 Å². The lowest BCUT2D eigenvalue weighted by Gasteiger charge is -2.29. The van der Waals surface area contributed by atoms with Gasteiger partial charge in [0.1, 0.15) is 6.54 Å². The molecule has 0 unspecified atom stereocenters. The smallest absolute Gasteiger partial charge is 0.266 e. The van der Waals surface area contributed by atoms with E-state index in [2.05, 4.69) is 10.3 Å². The Morgan fingerprint density at radius 3 is 3.05 bits per heavy atom. The molecule has 1 aliphatic rings. The molecule has 1 aliphatic heterocycles. The molecule has 1 aromatic rings. The van der Waals surface area contributed by atoms with E-state index < -0.39 is 5.54 Å². The molecule has 7 heteroatoms. The molecule has 7 nitrogen and oxygen atoms in total. The minimum absolute atomic E-state index is 0.116. The van der Waals surface area contributed by atoms with E-state index in [1.54, 1.807) is 26.0 Å². The second-order valence-corrected chi connectivity index (χ2v) is 5.18. The molecule has 0 atom stereocenters. The maximum absolute atomic E-state index is 12.0. The molecule has 2 rings (SSSR count). The Morgan fingerprint density at radius 1 is 1.60 bits per heavy atom. The molecule has 0 aliphatic carbocycles. The van der Waals surface area contributed by atoms with Gasteiger partial charge in [0, 0.05) is 6.20 Å². The molecule has 20 heavy (non-hydrogen) atoms. The number of nitrogens with one attached hydrogen (secondary N) is 1. The van der Waals surface area contributed by atoms with Gasteiger partial charge in [-0.3, -0.25) is 14.5 Å². The standard InChI is InChI=1S/C13H17N3O4/c1-13(2,8-17)15-10(18)6-16-11(19)7-20-9-4-3-5-14-12(9)16/h3-5,17H,6-8H2,1-2H3,(H,15,18). The second-order valence-electron chi connectivity index (χ2n) is 5.18. The summed E-state index contributed by atoms with van der Waals surface area (Å²) in [6.45, 7) is 2.92. The van der Waals surface area contributed by atoms with E-state index in [-0.39, 0.29) is 31.6 Å². The molecule has 0 spiro atoms. The Balaban J connectivity index is 2.13. The lowest BCUT2D eigenvalue weighted by atomic mass is 10.1. The van der Waals surface area contributed by atoms with Gasteiger partial charge >= 0.3 is 0 Å². The van der Waals surface area contributed by atoms with Gasteiger partial charge in [-0.1, -0.05) is 0 Å². The first-order chi connectivity index (χ1) is 9.43. The molecule has 2 amide bonds. The van der Waals surface area contributed by atoms with Crippen LogP contribution in [-0.2, 0) is 9.59 Å². The first kappa shape index (κ1) is 14.3. The minimum atomic E-state index is -0.737. The number of rotatable bonds is 4. The van der Waals surface area contributed by atoms with Crippen LogP contribution in [0.4, 0.5) is 5.82 Å². The van der Waals surface area contributed by atoms with Crippen LogP contribution >= 0.6 is 0 Å². The number of pyridine rings is 1. The Morgan fingerprint density at radius 2 is 2.35 bits per heavy atom. The molecular formula is C13H17N3O4. The van der Waals surface area contributed by atoms with Gasteiger partial charge in [-0.15, -0.1) is 0 Å². The zero-order chi connectivity index (χ0) is 14.8. The predicted molar refractivity (Wildman–Crippen MR) is 71.4 cm³/mol. The van der Waals surface area contributed by atoms with E-state index in [0.717, 1.165) is 0 Å². The highest BCUT2D eigenvalue weighted by molar-refractivity contribution is 6.01. The molecule has 2 heterocycles. The van der Waals surface area contributed by atoms with Gasteiger partial charge in [-0.25, -0.2) is 4.98 Å². The quantitative estimate of drug-likeness (QED) is 0.789. The number of fused-ring (bicyclic) bond motifs is 1. The van der Waals surface area contributed by atoms with Crippen LogP contribution in [0.3, 0.4) is 0 Å². The zero-order valence-electron chi connectivity index (χ0n) is 11.4. The highest BCUT2D eigenvalue weighted by Gasteiger charge is 2.29. The predicted octanol–water partition coefficient (Wildman–Crippen LogP) is -0.306. The summed E-state index contributed by atoms with van der Waals surface area (Å²) in [7, 11) is 0. The molecule has 2 N–H and O–H groups in total. The normalized spacial score (nSPS) is 14.6. The van der Waals surface area contributed by atoms with Crippen molar-refractivity contribution in [3.63, 3.8) is 0 Å². The topological polar surface area (TPSA) is 91.8 Å². The fourth-order valence-corrected chi connectivity index (χ4v) is 1.80.